The number of nitrogens with one attached hydrogen (secondary N) is 2. The zero-order valence-corrected chi connectivity index (χ0v) is 12.7. The van der Waals surface area contributed by atoms with Crippen LogP contribution in [-0.2, 0) is 17.5 Å². The number of hydrogen-bond acceptors (Lipinski definition) is 6. The van der Waals surface area contributed by atoms with Crippen molar-refractivity contribution in [3.05, 3.63) is 53.6 Å². The number of alkyl halides is 3. The lowest BCUT2D eigenvalue weighted by Crippen LogP contribution is -2.30. The van der Waals surface area contributed by atoms with Crippen LogP contribution in [0.3, 0.4) is 0 Å². The number of nitrogens with zero attached hydrogens (tertiary/aromatic N) is 3. The summed E-state index contributed by atoms with van der Waals surface area (Å²) in [5, 5.41) is 6.42. The predicted octanol–water partition coefficient (Wildman–Crippen LogP) is 3.04. The molecule has 0 atom stereocenters. The van der Waals surface area contributed by atoms with Gasteiger partial charge in [0.25, 0.3) is 0 Å². The molecule has 0 fully saturated rings. The monoisotopic (exact) mass is 355 g/mol. The van der Waals surface area contributed by atoms with E-state index in [9.17, 15) is 18.0 Å². The Morgan fingerprint density at radius 3 is 2.80 bits per heavy atom. The number of ether oxygens (including phenoxy) is 1. The summed E-state index contributed by atoms with van der Waals surface area (Å²) < 4.78 is 44.8. The molecular formula is C15H16F3N5O2. The van der Waals surface area contributed by atoms with Gasteiger partial charge in [-0.2, -0.15) is 18.3 Å². The summed E-state index contributed by atoms with van der Waals surface area (Å²) in [5.41, 5.74) is 2.03. The van der Waals surface area contributed by atoms with E-state index in [1.807, 2.05) is 0 Å². The maximum Gasteiger partial charge on any atom is 0.428 e. The van der Waals surface area contributed by atoms with Crippen molar-refractivity contribution in [2.75, 3.05) is 11.9 Å². The lowest BCUT2D eigenvalue weighted by Gasteiger charge is -2.18. The van der Waals surface area contributed by atoms with Gasteiger partial charge in [-0.3, -0.25) is 9.97 Å². The first-order valence-electron chi connectivity index (χ1n) is 7.13. The number of hydrazone groups is 1. The van der Waals surface area contributed by atoms with E-state index in [-0.39, 0.29) is 33.0 Å². The number of amides is 1. The molecule has 10 heteroatoms. The molecule has 2 N–H and O–H groups in total. The molecule has 1 aromatic heterocycles. The molecule has 1 aliphatic rings. The first-order valence-corrected chi connectivity index (χ1v) is 7.13. The highest BCUT2D eigenvalue weighted by molar-refractivity contribution is 6.04. The molecule has 0 radical (unpaired) electrons. The summed E-state index contributed by atoms with van der Waals surface area (Å²) in [6.45, 7) is -0.105. The molecule has 0 spiro atoms. The normalized spacial score (nSPS) is 14.4. The number of cyclic esters (lactones) is 1. The lowest BCUT2D eigenvalue weighted by molar-refractivity contribution is -0.137. The summed E-state index contributed by atoms with van der Waals surface area (Å²) in [4.78, 5) is 18.8. The first-order chi connectivity index (χ1) is 11.9. The van der Waals surface area contributed by atoms with Crippen LogP contribution in [0, 0.1) is 0 Å². The highest BCUT2D eigenvalue weighted by Crippen LogP contribution is 2.36. The smallest absolute Gasteiger partial charge is 0.428 e. The van der Waals surface area contributed by atoms with Crippen LogP contribution in [0.25, 0.3) is 0 Å². The first kappa shape index (κ1) is 16.7. The number of carbonyl (C=O) groups excluding carboxylic acids is 1. The van der Waals surface area contributed by atoms with Crippen LogP contribution in [-0.4, -0.2) is 28.4 Å². The summed E-state index contributed by atoms with van der Waals surface area (Å²) in [6.07, 6.45) is -0.918. The van der Waals surface area contributed by atoms with Crippen molar-refractivity contribution in [1.29, 1.82) is 0 Å². The van der Waals surface area contributed by atoms with E-state index in [2.05, 4.69) is 25.8 Å². The Kier molecular flexibility index (Phi) is 4.50. The van der Waals surface area contributed by atoms with Gasteiger partial charge < -0.3 is 10.1 Å². The second kappa shape index (κ2) is 6.75. The fourth-order valence-electron chi connectivity index (χ4n) is 2.18. The van der Waals surface area contributed by atoms with Gasteiger partial charge in [0.1, 0.15) is 12.3 Å². The molecule has 134 valence electrons. The molecule has 7 nitrogen and oxygen atoms in total. The maximum absolute atomic E-state index is 13.4. The number of carbonyl (C=O) groups is 1. The zero-order valence-electron chi connectivity index (χ0n) is 12.7. The zero-order chi connectivity index (χ0) is 17.9. The van der Waals surface area contributed by atoms with Crippen molar-refractivity contribution in [2.24, 2.45) is 5.10 Å². The number of halogens is 3. The number of aromatic nitrogens is 2. The Labute approximate surface area is 142 Å². The molecule has 0 bridgehead atoms. The molecule has 25 heavy (non-hydrogen) atoms. The van der Waals surface area contributed by atoms with Gasteiger partial charge in [-0.05, 0) is 12.1 Å². The molecule has 2 aromatic rings. The van der Waals surface area contributed by atoms with E-state index in [0.29, 0.717) is 5.69 Å². The predicted molar refractivity (Wildman–Crippen MR) is 86.1 cm³/mol. The highest BCUT2D eigenvalue weighted by atomic mass is 19.4. The third-order valence-electron chi connectivity index (χ3n) is 3.36. The molecule has 0 aliphatic carbocycles. The van der Waals surface area contributed by atoms with Gasteiger partial charge in [0, 0.05) is 26.5 Å². The minimum atomic E-state index is -4.57. The molecular weight excluding hydrogens is 339 g/mol. The highest BCUT2D eigenvalue weighted by Gasteiger charge is 2.34. The maximum atomic E-state index is 13.4. The van der Waals surface area contributed by atoms with Crippen molar-refractivity contribution < 1.29 is 25.6 Å². The summed E-state index contributed by atoms with van der Waals surface area (Å²) in [7, 11) is 0. The average Bonchev–Trinajstić information content (AvgIpc) is 2.61. The molecule has 2 heterocycles. The van der Waals surface area contributed by atoms with Crippen LogP contribution in [0.5, 0.6) is 0 Å². The van der Waals surface area contributed by atoms with Gasteiger partial charge in [-0.15, -0.1) is 0 Å². The van der Waals surface area contributed by atoms with Gasteiger partial charge in [-0.1, -0.05) is 6.07 Å². The topological polar surface area (TPSA) is 88.5 Å². The number of anilines is 1. The van der Waals surface area contributed by atoms with Crippen LogP contribution < -0.4 is 10.7 Å². The Hall–Kier alpha value is -3.17. The summed E-state index contributed by atoms with van der Waals surface area (Å²) in [6, 6.07) is 3.72. The van der Waals surface area contributed by atoms with E-state index in [1.54, 1.807) is 0 Å². The minimum Gasteiger partial charge on any atom is -0.442 e. The fourth-order valence-corrected chi connectivity index (χ4v) is 2.18. The quantitative estimate of drug-likeness (QED) is 0.880. The Bertz CT molecular complexity index is 819. The van der Waals surface area contributed by atoms with Crippen LogP contribution in [0.4, 0.5) is 23.7 Å². The number of benzene rings is 1. The standard InChI is InChI=1S/C15H12F3N5O2.2H2/c16-15(17,18)11-5-9(13-8-25-14(24)23-22-13)1-2-12(11)21-7-10-6-19-3-4-20-10;;/h1-6,21H,7-8H2,(H,23,24);2*1H. The van der Waals surface area contributed by atoms with Gasteiger partial charge >= 0.3 is 12.3 Å². The number of hydrogen-bond donors (Lipinski definition) is 2. The molecule has 1 aliphatic heterocycles. The van der Waals surface area contributed by atoms with Gasteiger partial charge in [0.15, 0.2) is 0 Å². The third kappa shape index (κ3) is 4.03. The van der Waals surface area contributed by atoms with E-state index in [0.717, 1.165) is 6.07 Å². The largest absolute Gasteiger partial charge is 0.442 e. The molecule has 0 saturated carbocycles. The van der Waals surface area contributed by atoms with Gasteiger partial charge in [0.05, 0.1) is 24.0 Å². The Morgan fingerprint density at radius 2 is 2.16 bits per heavy atom. The SMILES string of the molecule is O=C1NN=C(c2ccc(NCc3cnccn3)c(C(F)(F)F)c2)CO1.[HH].[HH]. The van der Waals surface area contributed by atoms with Gasteiger partial charge in [-0.25, -0.2) is 10.2 Å². The van der Waals surface area contributed by atoms with Crippen molar-refractivity contribution >= 4 is 17.5 Å². The van der Waals surface area contributed by atoms with Crippen LogP contribution in [0.1, 0.15) is 19.7 Å². The van der Waals surface area contributed by atoms with Crippen molar-refractivity contribution in [2.45, 2.75) is 12.7 Å². The molecule has 0 unspecified atom stereocenters. The summed E-state index contributed by atoms with van der Waals surface area (Å²) in [5.74, 6) is 0. The second-order valence-electron chi connectivity index (χ2n) is 5.05. The minimum absolute atomic E-state index is 0. The van der Waals surface area contributed by atoms with Crippen LogP contribution >= 0.6 is 0 Å². The van der Waals surface area contributed by atoms with E-state index >= 15 is 0 Å². The number of rotatable bonds is 4. The van der Waals surface area contributed by atoms with Crippen molar-refractivity contribution in [3.63, 3.8) is 0 Å². The Balaban J connectivity index is 0.00000182. The van der Waals surface area contributed by atoms with Gasteiger partial charge in [0.2, 0.25) is 0 Å². The average molecular weight is 355 g/mol. The fraction of sp³-hybridized carbons (Fsp3) is 0.200. The Morgan fingerprint density at radius 1 is 1.32 bits per heavy atom. The van der Waals surface area contributed by atoms with Crippen LogP contribution in [0.2, 0.25) is 0 Å². The van der Waals surface area contributed by atoms with E-state index in [1.165, 1.54) is 30.7 Å². The van der Waals surface area contributed by atoms with Crippen LogP contribution in [0.15, 0.2) is 41.9 Å². The van der Waals surface area contributed by atoms with E-state index < -0.39 is 17.8 Å². The molecule has 3 rings (SSSR count). The molecule has 0 saturated heterocycles. The molecule has 1 aromatic carbocycles. The lowest BCUT2D eigenvalue weighted by atomic mass is 10.0. The second-order valence-corrected chi connectivity index (χ2v) is 5.05. The van der Waals surface area contributed by atoms with Crippen molar-refractivity contribution in [3.8, 4) is 0 Å². The molecule has 1 amide bonds. The van der Waals surface area contributed by atoms with E-state index in [4.69, 9.17) is 4.74 Å². The summed E-state index contributed by atoms with van der Waals surface area (Å²) >= 11 is 0. The van der Waals surface area contributed by atoms with Crippen molar-refractivity contribution in [1.82, 2.24) is 15.4 Å². The third-order valence-corrected chi connectivity index (χ3v) is 3.36.